The Kier molecular flexibility index (Phi) is 3.29. The van der Waals surface area contributed by atoms with E-state index >= 15 is 0 Å². The molecule has 1 amide bonds. The molecule has 2 saturated carbocycles. The Bertz CT molecular complexity index is 242. The molecule has 0 heterocycles. The van der Waals surface area contributed by atoms with E-state index in [0.29, 0.717) is 24.9 Å². The van der Waals surface area contributed by atoms with Crippen molar-refractivity contribution in [2.75, 3.05) is 6.54 Å². The molecule has 0 aromatic heterocycles. The highest BCUT2D eigenvalue weighted by Gasteiger charge is 2.39. The molecule has 15 heavy (non-hydrogen) atoms. The molecule has 3 nitrogen and oxygen atoms in total. The van der Waals surface area contributed by atoms with E-state index in [9.17, 15) is 4.79 Å². The maximum atomic E-state index is 11.7. The minimum Gasteiger partial charge on any atom is -0.353 e. The van der Waals surface area contributed by atoms with Crippen LogP contribution in [0.1, 0.15) is 39.0 Å². The predicted molar refractivity (Wildman–Crippen MR) is 60.2 cm³/mol. The van der Waals surface area contributed by atoms with Gasteiger partial charge in [0, 0.05) is 12.5 Å². The highest BCUT2D eigenvalue weighted by atomic mass is 16.1. The number of carbonyl (C=O) groups is 1. The van der Waals surface area contributed by atoms with E-state index < -0.39 is 0 Å². The monoisotopic (exact) mass is 210 g/mol. The number of fused-ring (bicyclic) bond motifs is 2. The van der Waals surface area contributed by atoms with Crippen LogP contribution in [-0.4, -0.2) is 18.5 Å². The Morgan fingerprint density at radius 1 is 1.47 bits per heavy atom. The summed E-state index contributed by atoms with van der Waals surface area (Å²) in [5.41, 5.74) is 5.51. The van der Waals surface area contributed by atoms with E-state index in [1.54, 1.807) is 0 Å². The van der Waals surface area contributed by atoms with Crippen LogP contribution in [-0.2, 0) is 4.79 Å². The number of carbonyl (C=O) groups excluding carboxylic acids is 1. The number of hydrogen-bond donors (Lipinski definition) is 2. The Labute approximate surface area is 91.8 Å². The molecular formula is C12H22N2O. The number of nitrogens with two attached hydrogens (primary N) is 1. The lowest BCUT2D eigenvalue weighted by atomic mass is 9.95. The molecule has 4 atom stereocenters. The van der Waals surface area contributed by atoms with Crippen LogP contribution in [0, 0.1) is 17.8 Å². The molecule has 0 spiro atoms. The molecule has 2 aliphatic carbocycles. The molecule has 3 N–H and O–H groups in total. The van der Waals surface area contributed by atoms with Gasteiger partial charge in [-0.15, -0.1) is 0 Å². The maximum Gasteiger partial charge on any atom is 0.220 e. The molecule has 2 rings (SSSR count). The van der Waals surface area contributed by atoms with Crippen LogP contribution >= 0.6 is 0 Å². The zero-order valence-electron chi connectivity index (χ0n) is 9.54. The van der Waals surface area contributed by atoms with Crippen molar-refractivity contribution in [2.45, 2.75) is 45.1 Å². The topological polar surface area (TPSA) is 55.1 Å². The molecule has 0 aromatic carbocycles. The Hall–Kier alpha value is -0.570. The van der Waals surface area contributed by atoms with E-state index in [1.807, 2.05) is 6.92 Å². The zero-order chi connectivity index (χ0) is 10.8. The SMILES string of the molecule is CC(CN)CC(=O)NC1CC2CCC1C2. The zero-order valence-corrected chi connectivity index (χ0v) is 9.54. The molecule has 0 radical (unpaired) electrons. The molecule has 0 saturated heterocycles. The average Bonchev–Trinajstić information content (AvgIpc) is 2.78. The summed E-state index contributed by atoms with van der Waals surface area (Å²) < 4.78 is 0. The van der Waals surface area contributed by atoms with Crippen LogP contribution in [0.3, 0.4) is 0 Å². The maximum absolute atomic E-state index is 11.7. The second-order valence-corrected chi connectivity index (χ2v) is 5.39. The number of rotatable bonds is 4. The molecule has 2 fully saturated rings. The predicted octanol–water partition coefficient (Wildman–Crippen LogP) is 1.28. The van der Waals surface area contributed by atoms with E-state index in [4.69, 9.17) is 5.73 Å². The summed E-state index contributed by atoms with van der Waals surface area (Å²) in [4.78, 5) is 11.7. The van der Waals surface area contributed by atoms with Crippen molar-refractivity contribution in [3.8, 4) is 0 Å². The molecule has 0 aromatic rings. The first-order chi connectivity index (χ1) is 7.19. The fourth-order valence-electron chi connectivity index (χ4n) is 3.09. The quantitative estimate of drug-likeness (QED) is 0.734. The van der Waals surface area contributed by atoms with Crippen molar-refractivity contribution in [3.63, 3.8) is 0 Å². The second kappa shape index (κ2) is 4.52. The number of hydrogen-bond acceptors (Lipinski definition) is 2. The molecule has 3 heteroatoms. The van der Waals surface area contributed by atoms with Crippen molar-refractivity contribution in [2.24, 2.45) is 23.5 Å². The molecule has 86 valence electrons. The molecule has 2 bridgehead atoms. The third-order valence-corrected chi connectivity index (χ3v) is 4.02. The summed E-state index contributed by atoms with van der Waals surface area (Å²) in [5.74, 6) is 2.17. The lowest BCUT2D eigenvalue weighted by molar-refractivity contribution is -0.122. The van der Waals surface area contributed by atoms with Gasteiger partial charge >= 0.3 is 0 Å². The van der Waals surface area contributed by atoms with Gasteiger partial charge in [0.15, 0.2) is 0 Å². The Balaban J connectivity index is 1.75. The summed E-state index contributed by atoms with van der Waals surface area (Å²) in [5, 5.41) is 3.18. The first kappa shape index (κ1) is 10.9. The molecular weight excluding hydrogens is 188 g/mol. The van der Waals surface area contributed by atoms with Gasteiger partial charge in [-0.1, -0.05) is 13.3 Å². The van der Waals surface area contributed by atoms with E-state index in [0.717, 1.165) is 11.8 Å². The van der Waals surface area contributed by atoms with Gasteiger partial charge in [-0.3, -0.25) is 4.79 Å². The third-order valence-electron chi connectivity index (χ3n) is 4.02. The van der Waals surface area contributed by atoms with E-state index in [-0.39, 0.29) is 5.91 Å². The van der Waals surface area contributed by atoms with Crippen molar-refractivity contribution < 1.29 is 4.79 Å². The van der Waals surface area contributed by atoms with Crippen LogP contribution in [0.2, 0.25) is 0 Å². The van der Waals surface area contributed by atoms with Gasteiger partial charge in [-0.05, 0) is 43.6 Å². The third kappa shape index (κ3) is 2.51. The smallest absolute Gasteiger partial charge is 0.220 e. The van der Waals surface area contributed by atoms with Gasteiger partial charge < -0.3 is 11.1 Å². The van der Waals surface area contributed by atoms with E-state index in [1.165, 1.54) is 25.7 Å². The van der Waals surface area contributed by atoms with Crippen molar-refractivity contribution in [3.05, 3.63) is 0 Å². The largest absolute Gasteiger partial charge is 0.353 e. The average molecular weight is 210 g/mol. The summed E-state index contributed by atoms with van der Waals surface area (Å²) in [6.45, 7) is 2.63. The first-order valence-corrected chi connectivity index (χ1v) is 6.18. The fraction of sp³-hybridized carbons (Fsp3) is 0.917. The number of nitrogens with one attached hydrogen (secondary N) is 1. The molecule has 0 aliphatic heterocycles. The standard InChI is InChI=1S/C12H22N2O/c1-8(7-13)4-12(15)14-11-6-9-2-3-10(11)5-9/h8-11H,2-7,13H2,1H3,(H,14,15). The summed E-state index contributed by atoms with van der Waals surface area (Å²) in [7, 11) is 0. The van der Waals surface area contributed by atoms with E-state index in [2.05, 4.69) is 5.32 Å². The van der Waals surface area contributed by atoms with Crippen molar-refractivity contribution in [1.29, 1.82) is 0 Å². The molecule has 4 unspecified atom stereocenters. The molecule has 2 aliphatic rings. The van der Waals surface area contributed by atoms with Gasteiger partial charge in [-0.25, -0.2) is 0 Å². The summed E-state index contributed by atoms with van der Waals surface area (Å²) >= 11 is 0. The van der Waals surface area contributed by atoms with Gasteiger partial charge in [0.25, 0.3) is 0 Å². The fourth-order valence-corrected chi connectivity index (χ4v) is 3.09. The highest BCUT2D eigenvalue weighted by molar-refractivity contribution is 5.76. The van der Waals surface area contributed by atoms with Gasteiger partial charge in [-0.2, -0.15) is 0 Å². The van der Waals surface area contributed by atoms with Crippen LogP contribution in [0.25, 0.3) is 0 Å². The van der Waals surface area contributed by atoms with Crippen LogP contribution in [0.5, 0.6) is 0 Å². The number of amides is 1. The summed E-state index contributed by atoms with van der Waals surface area (Å²) in [6.07, 6.45) is 5.85. The van der Waals surface area contributed by atoms with Crippen LogP contribution in [0.4, 0.5) is 0 Å². The minimum absolute atomic E-state index is 0.200. The van der Waals surface area contributed by atoms with Gasteiger partial charge in [0.1, 0.15) is 0 Å². The van der Waals surface area contributed by atoms with Crippen LogP contribution < -0.4 is 11.1 Å². The van der Waals surface area contributed by atoms with Crippen molar-refractivity contribution >= 4 is 5.91 Å². The summed E-state index contributed by atoms with van der Waals surface area (Å²) in [6, 6.07) is 0.473. The lowest BCUT2D eigenvalue weighted by Crippen LogP contribution is -2.39. The Morgan fingerprint density at radius 2 is 2.27 bits per heavy atom. The lowest BCUT2D eigenvalue weighted by Gasteiger charge is -2.23. The first-order valence-electron chi connectivity index (χ1n) is 6.18. The normalized spacial score (nSPS) is 35.5. The second-order valence-electron chi connectivity index (χ2n) is 5.39. The van der Waals surface area contributed by atoms with Crippen molar-refractivity contribution in [1.82, 2.24) is 5.32 Å². The van der Waals surface area contributed by atoms with Gasteiger partial charge in [0.2, 0.25) is 5.91 Å². The minimum atomic E-state index is 0.200. The van der Waals surface area contributed by atoms with Crippen LogP contribution in [0.15, 0.2) is 0 Å². The highest BCUT2D eigenvalue weighted by Crippen LogP contribution is 2.44. The van der Waals surface area contributed by atoms with Gasteiger partial charge in [0.05, 0.1) is 0 Å². The Morgan fingerprint density at radius 3 is 2.80 bits per heavy atom.